The summed E-state index contributed by atoms with van der Waals surface area (Å²) in [4.78, 5) is 41.7. The highest BCUT2D eigenvalue weighted by Gasteiger charge is 2.44. The van der Waals surface area contributed by atoms with Crippen LogP contribution in [0, 0.1) is 36.5 Å². The average Bonchev–Trinajstić information content (AvgIpc) is 4.31. The molecule has 4 saturated heterocycles. The number of anilines is 2. The number of carbonyl (C=O) groups excluding carboxylic acids is 2. The van der Waals surface area contributed by atoms with Crippen LogP contribution in [0.5, 0.6) is 5.75 Å². The first kappa shape index (κ1) is 55.8. The number of carbonyl (C=O) groups is 2. The molecule has 428 valence electrons. The highest BCUT2D eigenvalue weighted by atomic mass is 16.5. The highest BCUT2D eigenvalue weighted by Crippen LogP contribution is 2.38. The molecule has 0 bridgehead atoms. The number of rotatable bonds is 16. The van der Waals surface area contributed by atoms with E-state index in [1.807, 2.05) is 81.1 Å². The van der Waals surface area contributed by atoms with Gasteiger partial charge in [0.25, 0.3) is 0 Å². The number of β-amino-alcohol motifs (C(OH)–C–C–N with tert-alkyl or cyclic N) is 1. The molecular formula is C62H79N13O6. The number of aryl methyl sites for hydroxylation is 1. The molecule has 5 aliphatic rings. The van der Waals surface area contributed by atoms with Gasteiger partial charge in [-0.2, -0.15) is 5.10 Å². The van der Waals surface area contributed by atoms with Crippen LogP contribution in [0.4, 0.5) is 11.6 Å². The Kier molecular flexibility index (Phi) is 16.9. The third-order valence-electron chi connectivity index (χ3n) is 18.1. The predicted molar refractivity (Wildman–Crippen MR) is 308 cm³/mol. The zero-order valence-electron chi connectivity index (χ0n) is 47.5. The third-order valence-corrected chi connectivity index (χ3v) is 18.1. The maximum absolute atomic E-state index is 14.4. The third kappa shape index (κ3) is 12.7. The van der Waals surface area contributed by atoms with E-state index in [9.17, 15) is 19.8 Å². The van der Waals surface area contributed by atoms with E-state index in [1.165, 1.54) is 4.90 Å². The Morgan fingerprint density at radius 3 is 2.36 bits per heavy atom. The van der Waals surface area contributed by atoms with Crippen LogP contribution in [0.25, 0.3) is 16.9 Å². The molecule has 2 amide bonds. The monoisotopic (exact) mass is 1100 g/mol. The SMILES string of the molecule is Cc1nccn1-c1ccc([C@H](C)NC(=O)[C@@H]2C[C@@H](O)CN2C(=O)[C@H](c2cc(N3CCC(CN4CCC(OC5CC(N6CCC([C@@H](C)n7cc(C#Cc8cc(-c9ccccc9O)nnc8N)cn7)CC6)C5)CC4)CC3)no2)C(C)C)cc1. The van der Waals surface area contributed by atoms with Gasteiger partial charge in [-0.1, -0.05) is 55.1 Å². The molecule has 5 N–H and O–H groups in total. The Hall–Kier alpha value is -7.11. The summed E-state index contributed by atoms with van der Waals surface area (Å²) < 4.78 is 16.7. The summed E-state index contributed by atoms with van der Waals surface area (Å²) in [6, 6.07) is 18.4. The van der Waals surface area contributed by atoms with E-state index in [4.69, 9.17) is 20.1 Å². The number of nitrogen functional groups attached to an aromatic ring is 1. The van der Waals surface area contributed by atoms with Crippen LogP contribution in [0.3, 0.4) is 0 Å². The number of para-hydroxylation sites is 1. The van der Waals surface area contributed by atoms with Gasteiger partial charge in [-0.05, 0) is 139 Å². The summed E-state index contributed by atoms with van der Waals surface area (Å²) in [5, 5.41) is 41.6. The van der Waals surface area contributed by atoms with Gasteiger partial charge < -0.3 is 54.7 Å². The zero-order valence-corrected chi connectivity index (χ0v) is 47.5. The number of nitrogens with two attached hydrogens (primary N) is 1. The minimum atomic E-state index is -0.802. The van der Waals surface area contributed by atoms with Crippen molar-refractivity contribution in [2.75, 3.05) is 63.0 Å². The molecular weight excluding hydrogens is 1020 g/mol. The smallest absolute Gasteiger partial charge is 0.243 e. The zero-order chi connectivity index (χ0) is 56.3. The number of hydrogen-bond acceptors (Lipinski definition) is 15. The number of amides is 2. The number of ether oxygens (including phenoxy) is 1. The fraction of sp³-hybridized carbons (Fsp3) is 0.532. The van der Waals surface area contributed by atoms with Crippen molar-refractivity contribution in [3.63, 3.8) is 0 Å². The van der Waals surface area contributed by atoms with Crippen LogP contribution in [0.2, 0.25) is 0 Å². The Morgan fingerprint density at radius 1 is 0.889 bits per heavy atom. The van der Waals surface area contributed by atoms with Gasteiger partial charge in [-0.3, -0.25) is 14.3 Å². The molecule has 0 spiro atoms. The number of benzene rings is 2. The molecule has 4 aromatic heterocycles. The fourth-order valence-corrected chi connectivity index (χ4v) is 13.0. The second-order valence-corrected chi connectivity index (χ2v) is 23.8. The lowest BCUT2D eigenvalue weighted by atomic mass is 9.83. The second kappa shape index (κ2) is 24.5. The number of imidazole rings is 1. The molecule has 4 aliphatic heterocycles. The van der Waals surface area contributed by atoms with Gasteiger partial charge >= 0.3 is 0 Å². The molecule has 0 radical (unpaired) electrons. The second-order valence-electron chi connectivity index (χ2n) is 23.8. The summed E-state index contributed by atoms with van der Waals surface area (Å²) in [6.07, 6.45) is 16.4. The molecule has 8 heterocycles. The highest BCUT2D eigenvalue weighted by molar-refractivity contribution is 5.91. The van der Waals surface area contributed by atoms with Crippen molar-refractivity contribution in [1.82, 2.24) is 54.7 Å². The summed E-state index contributed by atoms with van der Waals surface area (Å²) in [6.45, 7) is 17.4. The number of aliphatic hydroxyl groups excluding tert-OH is 1. The molecule has 11 rings (SSSR count). The summed E-state index contributed by atoms with van der Waals surface area (Å²) in [5.74, 6) is 8.67. The number of aliphatic hydroxyl groups is 1. The number of likely N-dealkylation sites (tertiary alicyclic amines) is 3. The number of nitrogens with one attached hydrogen (secondary N) is 1. The van der Waals surface area contributed by atoms with Crippen molar-refractivity contribution < 1.29 is 29.1 Å². The number of phenols is 1. The lowest BCUT2D eigenvalue weighted by Gasteiger charge is -2.47. The number of piperidine rings is 3. The Bertz CT molecular complexity index is 3170. The van der Waals surface area contributed by atoms with Crippen molar-refractivity contribution in [3.8, 4) is 34.5 Å². The molecule has 81 heavy (non-hydrogen) atoms. The molecule has 6 aromatic rings. The number of hydrogen-bond donors (Lipinski definition) is 4. The molecule has 19 nitrogen and oxygen atoms in total. The van der Waals surface area contributed by atoms with Crippen molar-refractivity contribution in [3.05, 3.63) is 114 Å². The molecule has 0 unspecified atom stereocenters. The van der Waals surface area contributed by atoms with E-state index in [2.05, 4.69) is 63.8 Å². The van der Waals surface area contributed by atoms with Gasteiger partial charge in [-0.15, -0.1) is 10.2 Å². The fourth-order valence-electron chi connectivity index (χ4n) is 13.0. The number of aromatic nitrogens is 7. The van der Waals surface area contributed by atoms with Crippen LogP contribution in [0.1, 0.15) is 132 Å². The quantitative estimate of drug-likeness (QED) is 0.0699. The van der Waals surface area contributed by atoms with Gasteiger partial charge in [0, 0.05) is 87.6 Å². The van der Waals surface area contributed by atoms with Crippen LogP contribution in [0.15, 0.2) is 90.0 Å². The van der Waals surface area contributed by atoms with Gasteiger partial charge in [-0.25, -0.2) is 4.98 Å². The van der Waals surface area contributed by atoms with Gasteiger partial charge in [0.1, 0.15) is 23.5 Å². The number of aromatic hydroxyl groups is 1. The summed E-state index contributed by atoms with van der Waals surface area (Å²) in [7, 11) is 0. The van der Waals surface area contributed by atoms with E-state index in [-0.39, 0.29) is 54.3 Å². The first-order valence-electron chi connectivity index (χ1n) is 29.4. The van der Waals surface area contributed by atoms with E-state index >= 15 is 0 Å². The van der Waals surface area contributed by atoms with Crippen LogP contribution in [-0.2, 0) is 14.3 Å². The number of nitrogens with zero attached hydrogens (tertiary/aromatic N) is 11. The van der Waals surface area contributed by atoms with E-state index in [0.717, 1.165) is 126 Å². The van der Waals surface area contributed by atoms with Crippen molar-refractivity contribution in [1.29, 1.82) is 0 Å². The summed E-state index contributed by atoms with van der Waals surface area (Å²) >= 11 is 0. The topological polar surface area (TPSA) is 222 Å². The molecule has 5 atom stereocenters. The van der Waals surface area contributed by atoms with E-state index in [0.29, 0.717) is 52.7 Å². The van der Waals surface area contributed by atoms with Crippen LogP contribution >= 0.6 is 0 Å². The first-order chi connectivity index (χ1) is 39.2. The maximum Gasteiger partial charge on any atom is 0.243 e. The lowest BCUT2D eigenvalue weighted by molar-refractivity contribution is -0.141. The number of phenolic OH excluding ortho intramolecular Hbond substituents is 1. The van der Waals surface area contributed by atoms with E-state index in [1.54, 1.807) is 36.7 Å². The summed E-state index contributed by atoms with van der Waals surface area (Å²) in [5.41, 5.74) is 10.5. The van der Waals surface area contributed by atoms with Crippen molar-refractivity contribution >= 4 is 23.5 Å². The normalized spacial score (nSPS) is 22.8. The minimum Gasteiger partial charge on any atom is -0.507 e. The van der Waals surface area contributed by atoms with Gasteiger partial charge in [0.15, 0.2) is 17.4 Å². The molecule has 19 heteroatoms. The minimum absolute atomic E-state index is 0.0856. The maximum atomic E-state index is 14.4. The molecule has 1 aliphatic carbocycles. The average molecular weight is 1100 g/mol. The van der Waals surface area contributed by atoms with Crippen LogP contribution < -0.4 is 16.0 Å². The molecule has 2 aromatic carbocycles. The van der Waals surface area contributed by atoms with Crippen molar-refractivity contribution in [2.45, 2.75) is 141 Å². The lowest BCUT2D eigenvalue weighted by Crippen LogP contribution is -2.52. The molecule has 1 saturated carbocycles. The first-order valence-corrected chi connectivity index (χ1v) is 29.4. The van der Waals surface area contributed by atoms with E-state index < -0.39 is 18.1 Å². The predicted octanol–water partition coefficient (Wildman–Crippen LogP) is 7.29. The Balaban J connectivity index is 0.580. The Morgan fingerprint density at radius 2 is 1.64 bits per heavy atom. The molecule has 5 fully saturated rings. The van der Waals surface area contributed by atoms with Crippen molar-refractivity contribution in [2.24, 2.45) is 17.8 Å². The standard InChI is InChI=1S/C62H79N13O6/c1-39(2)59(62(79)74-38-50(76)33-55(74)61(78)66-40(3)45-12-14-48(15-13-45)73-29-22-64-42(73)5)57-34-58(69-81-57)72-25-16-43(17-26-72)36-70-23-20-51(21-24-70)80-52-31-49(32-52)71-27-18-46(19-28-71)41(4)75-37-44(35-65-75)10-11-47-30-54(67-68-60(47)63)53-8-6-7-9-56(53)77/h6-9,12-15,22,29-30,34-35,37,39-41,43,46,49-52,55,59,76-77H,16-21,23-28,31-33,36,38H2,1-5H3,(H2,63,68)(H,66,78)/t40-,41+,49?,50+,52?,55-,59-/m0/s1. The largest absolute Gasteiger partial charge is 0.507 e. The van der Waals surface area contributed by atoms with Gasteiger partial charge in [0.05, 0.1) is 53.4 Å². The Labute approximate surface area is 475 Å². The van der Waals surface area contributed by atoms with Gasteiger partial charge in [0.2, 0.25) is 11.8 Å². The van der Waals surface area contributed by atoms with Crippen LogP contribution in [-0.4, -0.2) is 154 Å².